The summed E-state index contributed by atoms with van der Waals surface area (Å²) in [6.07, 6.45) is 0.899. The summed E-state index contributed by atoms with van der Waals surface area (Å²) in [4.78, 5) is 25.3. The number of carbonyl (C=O) groups excluding carboxylic acids is 2. The summed E-state index contributed by atoms with van der Waals surface area (Å²) in [5.74, 6) is -1.58. The zero-order valence-corrected chi connectivity index (χ0v) is 18.2. The Kier molecular flexibility index (Phi) is 7.55. The number of carbonyl (C=O) groups is 2. The number of para-hydroxylation sites is 2. The van der Waals surface area contributed by atoms with E-state index in [1.807, 2.05) is 13.8 Å². The Balaban J connectivity index is 2.31. The molecule has 9 heteroatoms. The van der Waals surface area contributed by atoms with Gasteiger partial charge in [0.15, 0.2) is 0 Å². The number of benzene rings is 2. The van der Waals surface area contributed by atoms with Crippen LogP contribution in [0.2, 0.25) is 0 Å². The Labute approximate surface area is 176 Å². The number of rotatable bonds is 8. The van der Waals surface area contributed by atoms with Gasteiger partial charge in [-0.25, -0.2) is 12.8 Å². The van der Waals surface area contributed by atoms with E-state index in [2.05, 4.69) is 10.6 Å². The van der Waals surface area contributed by atoms with Gasteiger partial charge in [0, 0.05) is 6.54 Å². The first-order chi connectivity index (χ1) is 14.0. The summed E-state index contributed by atoms with van der Waals surface area (Å²) < 4.78 is 39.6. The Morgan fingerprint density at radius 3 is 2.23 bits per heavy atom. The molecule has 0 aromatic heterocycles. The number of halogens is 1. The lowest BCUT2D eigenvalue weighted by atomic mass is 10.1. The SMILES string of the molecule is CC(C)CNC(=O)c1ccccc1NC(=O)[C@H](C)N(c1ccccc1F)S(C)(=O)=O. The molecule has 2 N–H and O–H groups in total. The summed E-state index contributed by atoms with van der Waals surface area (Å²) in [6, 6.07) is 10.5. The van der Waals surface area contributed by atoms with E-state index in [4.69, 9.17) is 0 Å². The maximum absolute atomic E-state index is 14.2. The molecule has 0 aliphatic rings. The van der Waals surface area contributed by atoms with Gasteiger partial charge in [-0.2, -0.15) is 0 Å². The Morgan fingerprint density at radius 2 is 1.63 bits per heavy atom. The molecule has 0 heterocycles. The number of hydrogen-bond acceptors (Lipinski definition) is 4. The Bertz CT molecular complexity index is 1020. The molecule has 0 radical (unpaired) electrons. The summed E-state index contributed by atoms with van der Waals surface area (Å²) in [5.41, 5.74) is 0.249. The highest BCUT2D eigenvalue weighted by molar-refractivity contribution is 7.92. The van der Waals surface area contributed by atoms with E-state index in [0.717, 1.165) is 16.6 Å². The molecule has 2 amide bonds. The second kappa shape index (κ2) is 9.71. The average molecular weight is 436 g/mol. The first-order valence-electron chi connectivity index (χ1n) is 9.44. The largest absolute Gasteiger partial charge is 0.352 e. The van der Waals surface area contributed by atoms with Crippen LogP contribution in [0.25, 0.3) is 0 Å². The first-order valence-corrected chi connectivity index (χ1v) is 11.3. The quantitative estimate of drug-likeness (QED) is 0.666. The van der Waals surface area contributed by atoms with Crippen molar-refractivity contribution >= 4 is 33.2 Å². The second-order valence-corrected chi connectivity index (χ2v) is 9.18. The van der Waals surface area contributed by atoms with Gasteiger partial charge in [-0.3, -0.25) is 13.9 Å². The lowest BCUT2D eigenvalue weighted by Gasteiger charge is -2.28. The minimum absolute atomic E-state index is 0.231. The molecule has 0 fully saturated rings. The van der Waals surface area contributed by atoms with Crippen LogP contribution in [0.1, 0.15) is 31.1 Å². The molecule has 2 aromatic rings. The number of anilines is 2. The van der Waals surface area contributed by atoms with Gasteiger partial charge in [-0.15, -0.1) is 0 Å². The molecule has 0 aliphatic heterocycles. The van der Waals surface area contributed by atoms with Gasteiger partial charge >= 0.3 is 0 Å². The molecule has 0 aliphatic carbocycles. The van der Waals surface area contributed by atoms with Crippen molar-refractivity contribution in [3.63, 3.8) is 0 Å². The maximum atomic E-state index is 14.2. The zero-order chi connectivity index (χ0) is 22.5. The molecule has 162 valence electrons. The van der Waals surface area contributed by atoms with Crippen molar-refractivity contribution in [2.75, 3.05) is 22.4 Å². The predicted molar refractivity (Wildman–Crippen MR) is 115 cm³/mol. The van der Waals surface area contributed by atoms with E-state index in [9.17, 15) is 22.4 Å². The van der Waals surface area contributed by atoms with Gasteiger partial charge in [0.1, 0.15) is 11.9 Å². The first kappa shape index (κ1) is 23.3. The van der Waals surface area contributed by atoms with Gasteiger partial charge in [-0.05, 0) is 37.1 Å². The number of nitrogens with one attached hydrogen (secondary N) is 2. The zero-order valence-electron chi connectivity index (χ0n) is 17.3. The summed E-state index contributed by atoms with van der Waals surface area (Å²) >= 11 is 0. The van der Waals surface area contributed by atoms with E-state index in [-0.39, 0.29) is 28.8 Å². The number of nitrogens with zero attached hydrogens (tertiary/aromatic N) is 1. The Morgan fingerprint density at radius 1 is 1.03 bits per heavy atom. The van der Waals surface area contributed by atoms with E-state index in [1.165, 1.54) is 25.1 Å². The fraction of sp³-hybridized carbons (Fsp3) is 0.333. The minimum Gasteiger partial charge on any atom is -0.352 e. The smallest absolute Gasteiger partial charge is 0.253 e. The third-order valence-corrected chi connectivity index (χ3v) is 5.51. The van der Waals surface area contributed by atoms with Crippen molar-refractivity contribution in [3.05, 3.63) is 59.9 Å². The fourth-order valence-corrected chi connectivity index (χ4v) is 4.01. The molecule has 2 rings (SSSR count). The summed E-state index contributed by atoms with van der Waals surface area (Å²) in [5, 5.41) is 5.37. The van der Waals surface area contributed by atoms with Gasteiger partial charge in [-0.1, -0.05) is 38.1 Å². The number of sulfonamides is 1. The van der Waals surface area contributed by atoms with Crippen molar-refractivity contribution in [3.8, 4) is 0 Å². The standard InChI is InChI=1S/C21H26FN3O4S/c1-14(2)13-23-21(27)16-9-5-7-11-18(16)24-20(26)15(3)25(30(4,28)29)19-12-8-6-10-17(19)22/h5-12,14-15H,13H2,1-4H3,(H,23,27)(H,24,26)/t15-/m0/s1. The maximum Gasteiger partial charge on any atom is 0.253 e. The van der Waals surface area contributed by atoms with Crippen LogP contribution in [0.5, 0.6) is 0 Å². The molecule has 2 aromatic carbocycles. The van der Waals surface area contributed by atoms with Crippen LogP contribution in [0, 0.1) is 11.7 Å². The van der Waals surface area contributed by atoms with Crippen molar-refractivity contribution in [2.24, 2.45) is 5.92 Å². The molecule has 0 spiro atoms. The third kappa shape index (κ3) is 5.79. The highest BCUT2D eigenvalue weighted by Crippen LogP contribution is 2.25. The Hall–Kier alpha value is -2.94. The molecule has 0 saturated heterocycles. The van der Waals surface area contributed by atoms with E-state index >= 15 is 0 Å². The lowest BCUT2D eigenvalue weighted by Crippen LogP contribution is -2.46. The fourth-order valence-electron chi connectivity index (χ4n) is 2.83. The van der Waals surface area contributed by atoms with Crippen LogP contribution >= 0.6 is 0 Å². The number of amides is 2. The van der Waals surface area contributed by atoms with Crippen LogP contribution in [-0.4, -0.2) is 39.1 Å². The normalized spacial score (nSPS) is 12.3. The van der Waals surface area contributed by atoms with E-state index in [0.29, 0.717) is 6.54 Å². The molecule has 7 nitrogen and oxygen atoms in total. The van der Waals surface area contributed by atoms with E-state index in [1.54, 1.807) is 24.3 Å². The highest BCUT2D eigenvalue weighted by Gasteiger charge is 2.31. The molecular formula is C21H26FN3O4S. The van der Waals surface area contributed by atoms with Gasteiger partial charge in [0.2, 0.25) is 15.9 Å². The molecule has 0 saturated carbocycles. The topological polar surface area (TPSA) is 95.6 Å². The molecule has 30 heavy (non-hydrogen) atoms. The van der Waals surface area contributed by atoms with Crippen molar-refractivity contribution in [1.82, 2.24) is 5.32 Å². The highest BCUT2D eigenvalue weighted by atomic mass is 32.2. The van der Waals surface area contributed by atoms with Crippen LogP contribution in [-0.2, 0) is 14.8 Å². The van der Waals surface area contributed by atoms with E-state index < -0.39 is 27.8 Å². The molecule has 0 bridgehead atoms. The van der Waals surface area contributed by atoms with Crippen molar-refractivity contribution in [1.29, 1.82) is 0 Å². The second-order valence-electron chi connectivity index (χ2n) is 7.32. The predicted octanol–water partition coefficient (Wildman–Crippen LogP) is 3.00. The van der Waals surface area contributed by atoms with Crippen molar-refractivity contribution < 1.29 is 22.4 Å². The van der Waals surface area contributed by atoms with Gasteiger partial charge in [0.25, 0.3) is 5.91 Å². The van der Waals surface area contributed by atoms with Crippen LogP contribution < -0.4 is 14.9 Å². The van der Waals surface area contributed by atoms with Crippen LogP contribution in [0.3, 0.4) is 0 Å². The van der Waals surface area contributed by atoms with Crippen LogP contribution in [0.15, 0.2) is 48.5 Å². The summed E-state index contributed by atoms with van der Waals surface area (Å²) in [7, 11) is -3.97. The van der Waals surface area contributed by atoms with Gasteiger partial charge < -0.3 is 10.6 Å². The monoisotopic (exact) mass is 435 g/mol. The molecular weight excluding hydrogens is 409 g/mol. The summed E-state index contributed by atoms with van der Waals surface area (Å²) in [6.45, 7) is 5.73. The molecule has 1 atom stereocenters. The third-order valence-electron chi connectivity index (χ3n) is 4.28. The van der Waals surface area contributed by atoms with Crippen molar-refractivity contribution in [2.45, 2.75) is 26.8 Å². The molecule has 0 unspecified atom stereocenters. The lowest BCUT2D eigenvalue weighted by molar-refractivity contribution is -0.116. The minimum atomic E-state index is -3.97. The van der Waals surface area contributed by atoms with Gasteiger partial charge in [0.05, 0.1) is 23.2 Å². The average Bonchev–Trinajstić information content (AvgIpc) is 2.67. The van der Waals surface area contributed by atoms with Crippen LogP contribution in [0.4, 0.5) is 15.8 Å². The number of hydrogen-bond donors (Lipinski definition) is 2.